The van der Waals surface area contributed by atoms with E-state index in [-0.39, 0.29) is 17.1 Å². The van der Waals surface area contributed by atoms with E-state index in [9.17, 15) is 14.0 Å². The molecule has 4 nitrogen and oxygen atoms in total. The maximum Gasteiger partial charge on any atom is 0.263 e. The van der Waals surface area contributed by atoms with E-state index in [4.69, 9.17) is 23.2 Å². The van der Waals surface area contributed by atoms with Gasteiger partial charge in [0, 0.05) is 17.4 Å². The van der Waals surface area contributed by atoms with Crippen molar-refractivity contribution in [2.45, 2.75) is 6.54 Å². The number of halogens is 3. The molecule has 3 rings (SSSR count). The first-order valence-electron chi connectivity index (χ1n) is 7.65. The second-order valence-corrected chi connectivity index (χ2v) is 6.34. The lowest BCUT2D eigenvalue weighted by Gasteiger charge is -2.10. The largest absolute Gasteiger partial charge is 0.322 e. The molecule has 3 aromatic rings. The van der Waals surface area contributed by atoms with Crippen LogP contribution in [0.15, 0.2) is 65.6 Å². The van der Waals surface area contributed by atoms with Crippen LogP contribution >= 0.6 is 23.2 Å². The number of carbonyl (C=O) groups excluding carboxylic acids is 1. The molecule has 0 aliphatic carbocycles. The standard InChI is InChI=1S/C19H13Cl2FN2O2/c20-15-8-7-13(10-16(15)21)23-18(25)14-5-3-9-24(19(14)26)11-12-4-1-2-6-17(12)22/h1-10H,11H2,(H,23,25). The minimum absolute atomic E-state index is 0.0272. The van der Waals surface area contributed by atoms with Crippen LogP contribution in [0.3, 0.4) is 0 Å². The Labute approximate surface area is 158 Å². The Morgan fingerprint density at radius 3 is 2.54 bits per heavy atom. The van der Waals surface area contributed by atoms with Crippen molar-refractivity contribution >= 4 is 34.8 Å². The van der Waals surface area contributed by atoms with Crippen LogP contribution in [0.2, 0.25) is 10.0 Å². The van der Waals surface area contributed by atoms with Crippen molar-refractivity contribution in [3.05, 3.63) is 98.1 Å². The van der Waals surface area contributed by atoms with E-state index >= 15 is 0 Å². The van der Waals surface area contributed by atoms with Gasteiger partial charge in [0.1, 0.15) is 11.4 Å². The zero-order valence-corrected chi connectivity index (χ0v) is 14.9. The van der Waals surface area contributed by atoms with Gasteiger partial charge < -0.3 is 9.88 Å². The van der Waals surface area contributed by atoms with Crippen molar-refractivity contribution < 1.29 is 9.18 Å². The van der Waals surface area contributed by atoms with Gasteiger partial charge in [-0.1, -0.05) is 41.4 Å². The number of pyridine rings is 1. The highest BCUT2D eigenvalue weighted by atomic mass is 35.5. The van der Waals surface area contributed by atoms with Gasteiger partial charge >= 0.3 is 0 Å². The first-order valence-corrected chi connectivity index (χ1v) is 8.40. The Hall–Kier alpha value is -2.63. The van der Waals surface area contributed by atoms with Gasteiger partial charge in [-0.15, -0.1) is 0 Å². The third-order valence-corrected chi connectivity index (χ3v) is 4.48. The summed E-state index contributed by atoms with van der Waals surface area (Å²) in [4.78, 5) is 25.0. The van der Waals surface area contributed by atoms with E-state index < -0.39 is 17.3 Å². The Balaban J connectivity index is 1.86. The Morgan fingerprint density at radius 2 is 1.81 bits per heavy atom. The number of benzene rings is 2. The molecule has 1 N–H and O–H groups in total. The van der Waals surface area contributed by atoms with Gasteiger partial charge in [0.2, 0.25) is 0 Å². The van der Waals surface area contributed by atoms with Crippen LogP contribution in [0.1, 0.15) is 15.9 Å². The second-order valence-electron chi connectivity index (χ2n) is 5.53. The monoisotopic (exact) mass is 390 g/mol. The zero-order valence-electron chi connectivity index (χ0n) is 13.4. The molecule has 7 heteroatoms. The van der Waals surface area contributed by atoms with Crippen molar-refractivity contribution in [1.82, 2.24) is 4.57 Å². The highest BCUT2D eigenvalue weighted by Gasteiger charge is 2.14. The molecule has 1 amide bonds. The first-order chi connectivity index (χ1) is 12.5. The third-order valence-electron chi connectivity index (χ3n) is 3.74. The summed E-state index contributed by atoms with van der Waals surface area (Å²) in [5.41, 5.74) is 0.188. The molecule has 132 valence electrons. The Kier molecular flexibility index (Phi) is 5.40. The van der Waals surface area contributed by atoms with Crippen molar-refractivity contribution in [2.75, 3.05) is 5.32 Å². The van der Waals surface area contributed by atoms with Crippen LogP contribution in [-0.2, 0) is 6.54 Å². The third kappa shape index (κ3) is 3.95. The summed E-state index contributed by atoms with van der Waals surface area (Å²) in [6.07, 6.45) is 1.50. The molecular formula is C19H13Cl2FN2O2. The van der Waals surface area contributed by atoms with E-state index in [0.717, 1.165) is 0 Å². The molecule has 1 aromatic heterocycles. The highest BCUT2D eigenvalue weighted by Crippen LogP contribution is 2.25. The lowest BCUT2D eigenvalue weighted by atomic mass is 10.2. The minimum atomic E-state index is -0.587. The second kappa shape index (κ2) is 7.72. The van der Waals surface area contributed by atoms with Gasteiger partial charge in [0.25, 0.3) is 11.5 Å². The predicted octanol–water partition coefficient (Wildman–Crippen LogP) is 4.59. The number of amides is 1. The number of hydrogen-bond donors (Lipinski definition) is 1. The van der Waals surface area contributed by atoms with E-state index in [1.807, 2.05) is 0 Å². The van der Waals surface area contributed by atoms with E-state index in [1.54, 1.807) is 36.4 Å². The summed E-state index contributed by atoms with van der Waals surface area (Å²) in [6, 6.07) is 13.7. The van der Waals surface area contributed by atoms with Crippen molar-refractivity contribution in [3.8, 4) is 0 Å². The number of hydrogen-bond acceptors (Lipinski definition) is 2. The number of rotatable bonds is 4. The van der Waals surface area contributed by atoms with Gasteiger partial charge in [0.05, 0.1) is 16.6 Å². The maximum atomic E-state index is 13.8. The summed E-state index contributed by atoms with van der Waals surface area (Å²) < 4.78 is 15.1. The van der Waals surface area contributed by atoms with Crippen LogP contribution in [0.4, 0.5) is 10.1 Å². The molecule has 26 heavy (non-hydrogen) atoms. The Bertz CT molecular complexity index is 1030. The summed E-state index contributed by atoms with van der Waals surface area (Å²) in [6.45, 7) is 0.0272. The highest BCUT2D eigenvalue weighted by molar-refractivity contribution is 6.42. The van der Waals surface area contributed by atoms with Crippen LogP contribution in [0, 0.1) is 5.82 Å². The molecule has 0 unspecified atom stereocenters. The predicted molar refractivity (Wildman–Crippen MR) is 101 cm³/mol. The molecule has 0 aliphatic rings. The molecule has 1 heterocycles. The van der Waals surface area contributed by atoms with Gasteiger partial charge in [-0.25, -0.2) is 4.39 Å². The number of carbonyl (C=O) groups is 1. The van der Waals surface area contributed by atoms with Gasteiger partial charge in [-0.2, -0.15) is 0 Å². The summed E-state index contributed by atoms with van der Waals surface area (Å²) >= 11 is 11.8. The normalized spacial score (nSPS) is 10.6. The lowest BCUT2D eigenvalue weighted by molar-refractivity contribution is 0.102. The lowest BCUT2D eigenvalue weighted by Crippen LogP contribution is -2.29. The smallest absolute Gasteiger partial charge is 0.263 e. The number of nitrogens with one attached hydrogen (secondary N) is 1. The van der Waals surface area contributed by atoms with Crippen LogP contribution in [0.25, 0.3) is 0 Å². The van der Waals surface area contributed by atoms with Gasteiger partial charge in [-0.3, -0.25) is 9.59 Å². The molecule has 2 aromatic carbocycles. The Morgan fingerprint density at radius 1 is 1.04 bits per heavy atom. The molecule has 0 saturated carbocycles. The molecule has 0 fully saturated rings. The average Bonchev–Trinajstić information content (AvgIpc) is 2.61. The van der Waals surface area contributed by atoms with Crippen LogP contribution in [-0.4, -0.2) is 10.5 Å². The van der Waals surface area contributed by atoms with Crippen LogP contribution in [0.5, 0.6) is 0 Å². The molecule has 0 atom stereocenters. The first kappa shape index (κ1) is 18.2. The summed E-state index contributed by atoms with van der Waals surface area (Å²) in [5.74, 6) is -0.999. The van der Waals surface area contributed by atoms with E-state index in [1.165, 1.54) is 29.0 Å². The number of nitrogens with zero attached hydrogens (tertiary/aromatic N) is 1. The fraction of sp³-hybridized carbons (Fsp3) is 0.0526. The molecule has 0 aliphatic heterocycles. The zero-order chi connectivity index (χ0) is 18.7. The van der Waals surface area contributed by atoms with Crippen LogP contribution < -0.4 is 10.9 Å². The summed E-state index contributed by atoms with van der Waals surface area (Å²) in [7, 11) is 0. The average molecular weight is 391 g/mol. The molecule has 0 spiro atoms. The molecule has 0 radical (unpaired) electrons. The van der Waals surface area contributed by atoms with Crippen molar-refractivity contribution in [3.63, 3.8) is 0 Å². The fourth-order valence-corrected chi connectivity index (χ4v) is 2.71. The van der Waals surface area contributed by atoms with E-state index in [2.05, 4.69) is 5.32 Å². The topological polar surface area (TPSA) is 51.1 Å². The number of anilines is 1. The number of aromatic nitrogens is 1. The quantitative estimate of drug-likeness (QED) is 0.707. The SMILES string of the molecule is O=C(Nc1ccc(Cl)c(Cl)c1)c1cccn(Cc2ccccc2F)c1=O. The molecule has 0 saturated heterocycles. The molecule has 0 bridgehead atoms. The fourth-order valence-electron chi connectivity index (χ4n) is 2.42. The van der Waals surface area contributed by atoms with E-state index in [0.29, 0.717) is 16.3 Å². The van der Waals surface area contributed by atoms with Gasteiger partial charge in [0.15, 0.2) is 0 Å². The summed E-state index contributed by atoms with van der Waals surface area (Å²) in [5, 5.41) is 3.24. The molecular weight excluding hydrogens is 378 g/mol. The maximum absolute atomic E-state index is 13.8. The minimum Gasteiger partial charge on any atom is -0.322 e. The van der Waals surface area contributed by atoms with Crippen molar-refractivity contribution in [2.24, 2.45) is 0 Å². The van der Waals surface area contributed by atoms with Crippen molar-refractivity contribution in [1.29, 1.82) is 0 Å². The van der Waals surface area contributed by atoms with Gasteiger partial charge in [-0.05, 0) is 36.4 Å².